The van der Waals surface area contributed by atoms with E-state index in [-0.39, 0.29) is 18.5 Å². The third-order valence-corrected chi connectivity index (χ3v) is 5.39. The summed E-state index contributed by atoms with van der Waals surface area (Å²) < 4.78 is 5.23. The summed E-state index contributed by atoms with van der Waals surface area (Å²) in [5, 5.41) is 9.35. The normalized spacial score (nSPS) is 18.7. The summed E-state index contributed by atoms with van der Waals surface area (Å²) in [5.74, 6) is -1.61. The molecule has 1 aromatic carbocycles. The zero-order valence-corrected chi connectivity index (χ0v) is 16.8. The minimum Gasteiger partial charge on any atom is -0.480 e. The largest absolute Gasteiger partial charge is 0.480 e. The first-order chi connectivity index (χ1) is 13.4. The Balaban J connectivity index is 2.10. The topological polar surface area (TPSA) is 87.2 Å². The second-order valence-corrected chi connectivity index (χ2v) is 7.16. The Kier molecular flexibility index (Phi) is 7.99. The molecule has 0 aromatic heterocycles. The van der Waals surface area contributed by atoms with Crippen LogP contribution in [0.5, 0.6) is 0 Å². The predicted molar refractivity (Wildman–Crippen MR) is 105 cm³/mol. The minimum atomic E-state index is -0.980. The summed E-state index contributed by atoms with van der Waals surface area (Å²) in [6, 6.07) is 7.85. The van der Waals surface area contributed by atoms with Gasteiger partial charge < -0.3 is 14.7 Å². The SMILES string of the molecule is CCOC(=O)[C@H](CCc1ccccc1)N(C)[C@@H](C)C(=O)N1CCC[C@H]1C(=O)O. The van der Waals surface area contributed by atoms with Gasteiger partial charge in [0.05, 0.1) is 12.6 Å². The first kappa shape index (κ1) is 21.9. The standard InChI is InChI=1S/C21H30N2O5/c1-4-28-21(27)18(13-12-16-9-6-5-7-10-16)22(3)15(2)19(24)23-14-8-11-17(23)20(25)26/h5-7,9-10,15,17-18H,4,8,11-14H2,1-3H3,(H,25,26)/t15-,17-,18-/m0/s1. The van der Waals surface area contributed by atoms with Crippen molar-refractivity contribution in [2.24, 2.45) is 0 Å². The van der Waals surface area contributed by atoms with E-state index in [9.17, 15) is 19.5 Å². The number of amides is 1. The average molecular weight is 390 g/mol. The van der Waals surface area contributed by atoms with Crippen LogP contribution in [0.25, 0.3) is 0 Å². The summed E-state index contributed by atoms with van der Waals surface area (Å²) in [6.45, 7) is 4.17. The molecule has 1 aromatic rings. The fourth-order valence-corrected chi connectivity index (χ4v) is 3.65. The second kappa shape index (κ2) is 10.2. The number of ether oxygens (including phenoxy) is 1. The quantitative estimate of drug-likeness (QED) is 0.649. The van der Waals surface area contributed by atoms with Crippen LogP contribution in [0.3, 0.4) is 0 Å². The molecule has 28 heavy (non-hydrogen) atoms. The van der Waals surface area contributed by atoms with Crippen molar-refractivity contribution in [3.8, 4) is 0 Å². The molecule has 1 aliphatic rings. The lowest BCUT2D eigenvalue weighted by molar-refractivity contribution is -0.155. The molecule has 1 saturated heterocycles. The third kappa shape index (κ3) is 5.32. The van der Waals surface area contributed by atoms with Gasteiger partial charge in [0.1, 0.15) is 12.1 Å². The zero-order valence-electron chi connectivity index (χ0n) is 16.8. The number of likely N-dealkylation sites (N-methyl/N-ethyl adjacent to an activating group) is 1. The molecule has 0 saturated carbocycles. The van der Waals surface area contributed by atoms with E-state index >= 15 is 0 Å². The van der Waals surface area contributed by atoms with E-state index in [1.807, 2.05) is 30.3 Å². The molecule has 7 nitrogen and oxygen atoms in total. The van der Waals surface area contributed by atoms with E-state index in [0.717, 1.165) is 5.56 Å². The summed E-state index contributed by atoms with van der Waals surface area (Å²) in [7, 11) is 1.72. The average Bonchev–Trinajstić information content (AvgIpc) is 3.18. The number of rotatable bonds is 9. The molecule has 0 radical (unpaired) electrons. The number of nitrogens with zero attached hydrogens (tertiary/aromatic N) is 2. The van der Waals surface area contributed by atoms with Crippen LogP contribution in [0.1, 0.15) is 38.7 Å². The highest BCUT2D eigenvalue weighted by molar-refractivity contribution is 5.88. The fraction of sp³-hybridized carbons (Fsp3) is 0.571. The van der Waals surface area contributed by atoms with Gasteiger partial charge in [0.15, 0.2) is 0 Å². The van der Waals surface area contributed by atoms with Crippen LogP contribution in [0, 0.1) is 0 Å². The maximum atomic E-state index is 12.9. The minimum absolute atomic E-state index is 0.263. The van der Waals surface area contributed by atoms with Gasteiger partial charge in [-0.1, -0.05) is 30.3 Å². The Labute approximate surface area is 166 Å². The Morgan fingerprint density at radius 3 is 2.57 bits per heavy atom. The van der Waals surface area contributed by atoms with Crippen molar-refractivity contribution >= 4 is 17.8 Å². The van der Waals surface area contributed by atoms with E-state index in [4.69, 9.17) is 4.74 Å². The molecule has 0 aliphatic carbocycles. The number of carbonyl (C=O) groups is 3. The molecule has 1 fully saturated rings. The van der Waals surface area contributed by atoms with Gasteiger partial charge in [-0.3, -0.25) is 14.5 Å². The molecule has 1 heterocycles. The molecule has 2 rings (SSSR count). The Bertz CT molecular complexity index is 679. The molecule has 0 bridgehead atoms. The lowest BCUT2D eigenvalue weighted by atomic mass is 10.0. The van der Waals surface area contributed by atoms with E-state index < -0.39 is 24.1 Å². The summed E-state index contributed by atoms with van der Waals surface area (Å²) in [5.41, 5.74) is 1.11. The number of benzene rings is 1. The van der Waals surface area contributed by atoms with Gasteiger partial charge in [-0.05, 0) is 52.1 Å². The number of carboxylic acids is 1. The van der Waals surface area contributed by atoms with Gasteiger partial charge in [-0.15, -0.1) is 0 Å². The fourth-order valence-electron chi connectivity index (χ4n) is 3.65. The van der Waals surface area contributed by atoms with Crippen molar-refractivity contribution in [3.63, 3.8) is 0 Å². The Morgan fingerprint density at radius 2 is 1.96 bits per heavy atom. The van der Waals surface area contributed by atoms with Gasteiger partial charge >= 0.3 is 11.9 Å². The summed E-state index contributed by atoms with van der Waals surface area (Å²) >= 11 is 0. The number of aryl methyl sites for hydroxylation is 1. The van der Waals surface area contributed by atoms with E-state index in [1.54, 1.807) is 25.8 Å². The van der Waals surface area contributed by atoms with Crippen molar-refractivity contribution in [1.29, 1.82) is 0 Å². The smallest absolute Gasteiger partial charge is 0.326 e. The number of carboxylic acid groups (broad SMARTS) is 1. The lowest BCUT2D eigenvalue weighted by Crippen LogP contribution is -2.54. The summed E-state index contributed by atoms with van der Waals surface area (Å²) in [6.07, 6.45) is 2.33. The first-order valence-electron chi connectivity index (χ1n) is 9.82. The molecule has 0 unspecified atom stereocenters. The van der Waals surface area contributed by atoms with Gasteiger partial charge in [0, 0.05) is 6.54 Å². The van der Waals surface area contributed by atoms with Crippen molar-refractivity contribution in [2.45, 2.75) is 57.7 Å². The first-order valence-corrected chi connectivity index (χ1v) is 9.82. The lowest BCUT2D eigenvalue weighted by Gasteiger charge is -2.34. The number of hydrogen-bond acceptors (Lipinski definition) is 5. The number of carbonyl (C=O) groups excluding carboxylic acids is 2. The Hall–Kier alpha value is -2.41. The maximum absolute atomic E-state index is 12.9. The molecule has 3 atom stereocenters. The van der Waals surface area contributed by atoms with E-state index in [0.29, 0.717) is 32.2 Å². The van der Waals surface area contributed by atoms with Gasteiger partial charge in [0.2, 0.25) is 5.91 Å². The highest BCUT2D eigenvalue weighted by Crippen LogP contribution is 2.21. The molecule has 1 amide bonds. The number of aliphatic carboxylic acids is 1. The van der Waals surface area contributed by atoms with Crippen LogP contribution in [-0.4, -0.2) is 71.1 Å². The number of hydrogen-bond donors (Lipinski definition) is 1. The van der Waals surface area contributed by atoms with Crippen LogP contribution in [-0.2, 0) is 25.5 Å². The molecule has 0 spiro atoms. The predicted octanol–water partition coefficient (Wildman–Crippen LogP) is 1.95. The van der Waals surface area contributed by atoms with Crippen molar-refractivity contribution in [3.05, 3.63) is 35.9 Å². The zero-order chi connectivity index (χ0) is 20.7. The molecule has 1 aliphatic heterocycles. The van der Waals surface area contributed by atoms with Crippen molar-refractivity contribution < 1.29 is 24.2 Å². The van der Waals surface area contributed by atoms with Crippen LogP contribution >= 0.6 is 0 Å². The highest BCUT2D eigenvalue weighted by Gasteiger charge is 2.39. The van der Waals surface area contributed by atoms with Crippen LogP contribution in [0.2, 0.25) is 0 Å². The van der Waals surface area contributed by atoms with Gasteiger partial charge in [-0.2, -0.15) is 0 Å². The van der Waals surface area contributed by atoms with Crippen molar-refractivity contribution in [1.82, 2.24) is 9.80 Å². The van der Waals surface area contributed by atoms with Crippen LogP contribution in [0.15, 0.2) is 30.3 Å². The van der Waals surface area contributed by atoms with Gasteiger partial charge in [0.25, 0.3) is 0 Å². The molecular formula is C21H30N2O5. The van der Waals surface area contributed by atoms with Crippen LogP contribution < -0.4 is 0 Å². The van der Waals surface area contributed by atoms with Crippen molar-refractivity contribution in [2.75, 3.05) is 20.2 Å². The van der Waals surface area contributed by atoms with E-state index in [2.05, 4.69) is 0 Å². The second-order valence-electron chi connectivity index (χ2n) is 7.16. The maximum Gasteiger partial charge on any atom is 0.326 e. The number of esters is 1. The number of likely N-dealkylation sites (tertiary alicyclic amines) is 1. The van der Waals surface area contributed by atoms with E-state index in [1.165, 1.54) is 4.90 Å². The molecule has 154 valence electrons. The third-order valence-electron chi connectivity index (χ3n) is 5.39. The van der Waals surface area contributed by atoms with Gasteiger partial charge in [-0.25, -0.2) is 4.79 Å². The molecular weight excluding hydrogens is 360 g/mol. The monoisotopic (exact) mass is 390 g/mol. The molecule has 7 heteroatoms. The Morgan fingerprint density at radius 1 is 1.29 bits per heavy atom. The molecule has 1 N–H and O–H groups in total. The summed E-state index contributed by atoms with van der Waals surface area (Å²) in [4.78, 5) is 40.0. The van der Waals surface area contributed by atoms with Crippen LogP contribution in [0.4, 0.5) is 0 Å². The highest BCUT2D eigenvalue weighted by atomic mass is 16.5.